The molecule has 0 amide bonds. The van der Waals surface area contributed by atoms with Crippen LogP contribution in [-0.2, 0) is 13.5 Å². The largest absolute Gasteiger partial charge is 0.308 e. The van der Waals surface area contributed by atoms with Gasteiger partial charge in [0, 0.05) is 25.0 Å². The lowest BCUT2D eigenvalue weighted by Crippen LogP contribution is -2.48. The lowest BCUT2D eigenvalue weighted by Gasteiger charge is -2.33. The minimum atomic E-state index is 0. The molecule has 0 aromatic carbocycles. The van der Waals surface area contributed by atoms with E-state index in [1.54, 1.807) is 11.0 Å². The number of nitrogens with one attached hydrogen (secondary N) is 1. The Morgan fingerprint density at radius 2 is 2.38 bits per heavy atom. The molecular weight excluding hydrogens is 224 g/mol. The molecule has 2 bridgehead atoms. The molecule has 4 nitrogen and oxygen atoms in total. The van der Waals surface area contributed by atoms with Gasteiger partial charge < -0.3 is 5.32 Å². The maximum Gasteiger partial charge on any atom is 0.152 e. The summed E-state index contributed by atoms with van der Waals surface area (Å²) in [4.78, 5) is 4.33. The van der Waals surface area contributed by atoms with Crippen molar-refractivity contribution in [2.45, 2.75) is 50.1 Å². The van der Waals surface area contributed by atoms with Crippen LogP contribution in [0, 0.1) is 0 Å². The highest BCUT2D eigenvalue weighted by molar-refractivity contribution is 5.85. The number of rotatable bonds is 2. The number of hydrogen-bond donors (Lipinski definition) is 1. The van der Waals surface area contributed by atoms with Crippen LogP contribution >= 0.6 is 12.4 Å². The molecule has 90 valence electrons. The van der Waals surface area contributed by atoms with Crippen molar-refractivity contribution < 1.29 is 0 Å². The molecule has 2 aliphatic heterocycles. The van der Waals surface area contributed by atoms with Crippen LogP contribution in [0.25, 0.3) is 0 Å². The number of piperidine rings is 1. The molecule has 2 fully saturated rings. The van der Waals surface area contributed by atoms with Gasteiger partial charge in [0.1, 0.15) is 6.33 Å². The second-order valence-corrected chi connectivity index (χ2v) is 5.06. The highest BCUT2D eigenvalue weighted by atomic mass is 35.5. The van der Waals surface area contributed by atoms with Gasteiger partial charge in [-0.3, -0.25) is 4.68 Å². The van der Waals surface area contributed by atoms with Crippen molar-refractivity contribution in [2.24, 2.45) is 7.05 Å². The monoisotopic (exact) mass is 242 g/mol. The van der Waals surface area contributed by atoms with E-state index in [0.29, 0.717) is 5.54 Å². The van der Waals surface area contributed by atoms with Gasteiger partial charge in [-0.1, -0.05) is 6.42 Å². The van der Waals surface area contributed by atoms with Crippen LogP contribution in [0.4, 0.5) is 0 Å². The summed E-state index contributed by atoms with van der Waals surface area (Å²) in [6.45, 7) is 0. The fraction of sp³-hybridized carbons (Fsp3) is 0.818. The summed E-state index contributed by atoms with van der Waals surface area (Å²) in [6, 6.07) is 0.766. The zero-order valence-electron chi connectivity index (χ0n) is 9.65. The van der Waals surface area contributed by atoms with Crippen molar-refractivity contribution in [3.8, 4) is 0 Å². The second-order valence-electron chi connectivity index (χ2n) is 5.06. The van der Waals surface area contributed by atoms with Crippen LogP contribution in [0.2, 0.25) is 0 Å². The summed E-state index contributed by atoms with van der Waals surface area (Å²) in [6.07, 6.45) is 9.46. The van der Waals surface area contributed by atoms with E-state index in [4.69, 9.17) is 0 Å². The fourth-order valence-corrected chi connectivity index (χ4v) is 3.12. The van der Waals surface area contributed by atoms with Crippen molar-refractivity contribution in [1.29, 1.82) is 0 Å². The van der Waals surface area contributed by atoms with E-state index in [0.717, 1.165) is 18.3 Å². The zero-order chi connectivity index (χ0) is 10.3. The van der Waals surface area contributed by atoms with Gasteiger partial charge in [-0.2, -0.15) is 5.10 Å². The van der Waals surface area contributed by atoms with Crippen molar-refractivity contribution in [1.82, 2.24) is 20.1 Å². The van der Waals surface area contributed by atoms with Crippen molar-refractivity contribution in [3.05, 3.63) is 12.2 Å². The van der Waals surface area contributed by atoms with Gasteiger partial charge in [0.05, 0.1) is 0 Å². The molecule has 16 heavy (non-hydrogen) atoms. The Bertz CT molecular complexity index is 361. The molecule has 0 aliphatic carbocycles. The van der Waals surface area contributed by atoms with Crippen LogP contribution < -0.4 is 5.32 Å². The van der Waals surface area contributed by atoms with E-state index in [1.807, 2.05) is 7.05 Å². The highest BCUT2D eigenvalue weighted by Gasteiger charge is 2.41. The van der Waals surface area contributed by atoms with E-state index >= 15 is 0 Å². The van der Waals surface area contributed by atoms with Gasteiger partial charge in [-0.15, -0.1) is 12.4 Å². The third-order valence-electron chi connectivity index (χ3n) is 3.83. The third-order valence-corrected chi connectivity index (χ3v) is 3.83. The van der Waals surface area contributed by atoms with Gasteiger partial charge >= 0.3 is 0 Å². The van der Waals surface area contributed by atoms with Crippen LogP contribution in [-0.4, -0.2) is 26.3 Å². The quantitative estimate of drug-likeness (QED) is 0.854. The lowest BCUT2D eigenvalue weighted by atomic mass is 9.87. The van der Waals surface area contributed by atoms with Crippen LogP contribution in [0.15, 0.2) is 6.33 Å². The molecule has 2 aliphatic rings. The zero-order valence-corrected chi connectivity index (χ0v) is 10.5. The first-order valence-corrected chi connectivity index (χ1v) is 5.88. The summed E-state index contributed by atoms with van der Waals surface area (Å²) >= 11 is 0. The standard InChI is InChI=1S/C11H18N4.ClH/c1-15-8-12-10(14-15)7-11-5-2-3-9(13-11)4-6-11;/h8-9,13H,2-7H2,1H3;1H. The SMILES string of the molecule is Cl.Cn1cnc(CC23CCCC(CC2)N3)n1. The van der Waals surface area contributed by atoms with Crippen LogP contribution in [0.1, 0.15) is 37.9 Å². The smallest absolute Gasteiger partial charge is 0.152 e. The van der Waals surface area contributed by atoms with Gasteiger partial charge in [0.2, 0.25) is 0 Å². The van der Waals surface area contributed by atoms with Crippen molar-refractivity contribution >= 4 is 12.4 Å². The Hall–Kier alpha value is -0.610. The van der Waals surface area contributed by atoms with E-state index in [2.05, 4.69) is 15.4 Å². The highest BCUT2D eigenvalue weighted by Crippen LogP contribution is 2.37. The summed E-state index contributed by atoms with van der Waals surface area (Å²) in [7, 11) is 1.93. The summed E-state index contributed by atoms with van der Waals surface area (Å²) in [5.74, 6) is 0.993. The van der Waals surface area contributed by atoms with E-state index < -0.39 is 0 Å². The van der Waals surface area contributed by atoms with Gasteiger partial charge in [-0.05, 0) is 25.7 Å². The number of aromatic nitrogens is 3. The molecule has 3 heterocycles. The molecular formula is C11H19ClN4. The first-order chi connectivity index (χ1) is 7.26. The number of fused-ring (bicyclic) bond motifs is 2. The van der Waals surface area contributed by atoms with Gasteiger partial charge in [0.15, 0.2) is 5.82 Å². The van der Waals surface area contributed by atoms with E-state index in [-0.39, 0.29) is 12.4 Å². The summed E-state index contributed by atoms with van der Waals surface area (Å²) < 4.78 is 1.79. The maximum atomic E-state index is 4.38. The van der Waals surface area contributed by atoms with Crippen molar-refractivity contribution in [2.75, 3.05) is 0 Å². The Labute approximate surface area is 102 Å². The second kappa shape index (κ2) is 4.34. The number of hydrogen-bond acceptors (Lipinski definition) is 3. The average Bonchev–Trinajstić information content (AvgIpc) is 2.73. The number of nitrogens with zero attached hydrogens (tertiary/aromatic N) is 3. The molecule has 2 saturated heterocycles. The molecule has 0 saturated carbocycles. The molecule has 1 N–H and O–H groups in total. The molecule has 5 heteroatoms. The number of halogens is 1. The normalized spacial score (nSPS) is 32.4. The third kappa shape index (κ3) is 2.09. The molecule has 0 spiro atoms. The van der Waals surface area contributed by atoms with E-state index in [9.17, 15) is 0 Å². The molecule has 1 aromatic rings. The summed E-state index contributed by atoms with van der Waals surface area (Å²) in [5.41, 5.74) is 0.324. The Balaban J connectivity index is 0.000000963. The Kier molecular flexibility index (Phi) is 3.22. The maximum absolute atomic E-state index is 4.38. The minimum Gasteiger partial charge on any atom is -0.308 e. The Morgan fingerprint density at radius 1 is 1.50 bits per heavy atom. The topological polar surface area (TPSA) is 42.7 Å². The fourth-order valence-electron chi connectivity index (χ4n) is 3.12. The average molecular weight is 243 g/mol. The van der Waals surface area contributed by atoms with E-state index in [1.165, 1.54) is 32.1 Å². The molecule has 1 aromatic heterocycles. The van der Waals surface area contributed by atoms with Gasteiger partial charge in [-0.25, -0.2) is 4.98 Å². The van der Waals surface area contributed by atoms with Crippen LogP contribution in [0.5, 0.6) is 0 Å². The lowest BCUT2D eigenvalue weighted by molar-refractivity contribution is 0.269. The van der Waals surface area contributed by atoms with Crippen LogP contribution in [0.3, 0.4) is 0 Å². The summed E-state index contributed by atoms with van der Waals surface area (Å²) in [5, 5.41) is 8.15. The Morgan fingerprint density at radius 3 is 3.12 bits per heavy atom. The molecule has 0 radical (unpaired) electrons. The van der Waals surface area contributed by atoms with Crippen molar-refractivity contribution in [3.63, 3.8) is 0 Å². The minimum absolute atomic E-state index is 0. The number of aryl methyl sites for hydroxylation is 1. The predicted octanol–water partition coefficient (Wildman–Crippen LogP) is 1.45. The first-order valence-electron chi connectivity index (χ1n) is 5.88. The first kappa shape index (κ1) is 11.9. The van der Waals surface area contributed by atoms with Gasteiger partial charge in [0.25, 0.3) is 0 Å². The predicted molar refractivity (Wildman–Crippen MR) is 64.7 cm³/mol. The molecule has 3 rings (SSSR count). The molecule has 2 unspecified atom stereocenters. The molecule has 2 atom stereocenters.